The van der Waals surface area contributed by atoms with Gasteiger partial charge in [0.05, 0.1) is 0 Å². The number of hydrogen-bond donors (Lipinski definition) is 0. The minimum absolute atomic E-state index is 0.181. The van der Waals surface area contributed by atoms with Gasteiger partial charge in [-0.3, -0.25) is 9.59 Å². The quantitative estimate of drug-likeness (QED) is 0.746. The molecule has 142 valence electrons. The fourth-order valence-electron chi connectivity index (χ4n) is 3.91. The molecule has 4 nitrogen and oxygen atoms in total. The molecule has 1 heterocycles. The maximum absolute atomic E-state index is 12.8. The standard InChI is InChI=1S/C22H32N2O2/c1-3-12-24(16-20-4-5-20)22(26)21-8-6-18(7-9-21)15-19-10-13-23(14-11-19)17(2)25/h6-9,19-20H,3-5,10-16H2,1-2H3. The number of likely N-dealkylation sites (tertiary alicyclic amines) is 1. The lowest BCUT2D eigenvalue weighted by Crippen LogP contribution is -2.37. The van der Waals surface area contributed by atoms with E-state index in [9.17, 15) is 9.59 Å². The van der Waals surface area contributed by atoms with Gasteiger partial charge in [-0.15, -0.1) is 0 Å². The van der Waals surface area contributed by atoms with E-state index >= 15 is 0 Å². The van der Waals surface area contributed by atoms with Gasteiger partial charge in [0.25, 0.3) is 5.91 Å². The van der Waals surface area contributed by atoms with E-state index < -0.39 is 0 Å². The van der Waals surface area contributed by atoms with Gasteiger partial charge < -0.3 is 9.80 Å². The molecule has 1 aliphatic heterocycles. The Morgan fingerprint density at radius 1 is 1.04 bits per heavy atom. The predicted molar refractivity (Wildman–Crippen MR) is 104 cm³/mol. The van der Waals surface area contributed by atoms with Crippen LogP contribution in [0.1, 0.15) is 61.9 Å². The highest BCUT2D eigenvalue weighted by molar-refractivity contribution is 5.94. The maximum atomic E-state index is 12.8. The lowest BCUT2D eigenvalue weighted by molar-refractivity contribution is -0.130. The van der Waals surface area contributed by atoms with E-state index in [1.54, 1.807) is 6.92 Å². The molecular formula is C22H32N2O2. The van der Waals surface area contributed by atoms with Gasteiger partial charge in [-0.2, -0.15) is 0 Å². The van der Waals surface area contributed by atoms with Crippen molar-refractivity contribution in [3.8, 4) is 0 Å². The summed E-state index contributed by atoms with van der Waals surface area (Å²) in [4.78, 5) is 28.2. The van der Waals surface area contributed by atoms with Crippen molar-refractivity contribution in [3.63, 3.8) is 0 Å². The summed E-state index contributed by atoms with van der Waals surface area (Å²) in [6, 6.07) is 8.23. The third kappa shape index (κ3) is 5.09. The molecule has 1 aliphatic carbocycles. The monoisotopic (exact) mass is 356 g/mol. The van der Waals surface area contributed by atoms with E-state index in [0.29, 0.717) is 5.92 Å². The first kappa shape index (κ1) is 18.9. The Kier molecular flexibility index (Phi) is 6.33. The molecule has 0 N–H and O–H groups in total. The van der Waals surface area contributed by atoms with Crippen molar-refractivity contribution in [2.45, 2.75) is 52.4 Å². The first-order valence-corrected chi connectivity index (χ1v) is 10.2. The summed E-state index contributed by atoms with van der Waals surface area (Å²) in [5, 5.41) is 0. The first-order chi connectivity index (χ1) is 12.6. The van der Waals surface area contributed by atoms with Gasteiger partial charge in [-0.25, -0.2) is 0 Å². The number of amides is 2. The van der Waals surface area contributed by atoms with E-state index in [0.717, 1.165) is 63.3 Å². The van der Waals surface area contributed by atoms with E-state index in [1.165, 1.54) is 18.4 Å². The number of benzene rings is 1. The summed E-state index contributed by atoms with van der Waals surface area (Å²) < 4.78 is 0. The van der Waals surface area contributed by atoms with Crippen LogP contribution in [-0.2, 0) is 11.2 Å². The second kappa shape index (κ2) is 8.70. The third-order valence-corrected chi connectivity index (χ3v) is 5.74. The number of hydrogen-bond acceptors (Lipinski definition) is 2. The number of rotatable bonds is 7. The van der Waals surface area contributed by atoms with Gasteiger partial charge in [-0.05, 0) is 68.1 Å². The second-order valence-corrected chi connectivity index (χ2v) is 8.05. The highest BCUT2D eigenvalue weighted by Crippen LogP contribution is 2.30. The Morgan fingerprint density at radius 3 is 2.23 bits per heavy atom. The molecule has 0 aromatic heterocycles. The third-order valence-electron chi connectivity index (χ3n) is 5.74. The topological polar surface area (TPSA) is 40.6 Å². The highest BCUT2D eigenvalue weighted by Gasteiger charge is 2.27. The van der Waals surface area contributed by atoms with E-state index in [-0.39, 0.29) is 11.8 Å². The van der Waals surface area contributed by atoms with Crippen LogP contribution in [0.5, 0.6) is 0 Å². The smallest absolute Gasteiger partial charge is 0.253 e. The molecule has 0 atom stereocenters. The van der Waals surface area contributed by atoms with Crippen LogP contribution in [0, 0.1) is 11.8 Å². The fraction of sp³-hybridized carbons (Fsp3) is 0.636. The van der Waals surface area contributed by atoms with Crippen LogP contribution in [0.3, 0.4) is 0 Å². The minimum atomic E-state index is 0.181. The van der Waals surface area contributed by atoms with Crippen LogP contribution in [-0.4, -0.2) is 47.8 Å². The summed E-state index contributed by atoms with van der Waals surface area (Å²) >= 11 is 0. The molecule has 2 fully saturated rings. The Bertz CT molecular complexity index is 614. The van der Waals surface area contributed by atoms with Crippen molar-refractivity contribution in [2.24, 2.45) is 11.8 Å². The van der Waals surface area contributed by atoms with Crippen LogP contribution in [0.2, 0.25) is 0 Å². The van der Waals surface area contributed by atoms with E-state index in [2.05, 4.69) is 19.1 Å². The van der Waals surface area contributed by atoms with Gasteiger partial charge in [0.1, 0.15) is 0 Å². The molecule has 3 rings (SSSR count). The summed E-state index contributed by atoms with van der Waals surface area (Å²) in [5.74, 6) is 1.73. The molecule has 0 unspecified atom stereocenters. The summed E-state index contributed by atoms with van der Waals surface area (Å²) in [5.41, 5.74) is 2.11. The zero-order chi connectivity index (χ0) is 18.5. The van der Waals surface area contributed by atoms with Crippen molar-refractivity contribution in [1.82, 2.24) is 9.80 Å². The van der Waals surface area contributed by atoms with E-state index in [1.807, 2.05) is 21.9 Å². The molecule has 2 amide bonds. The van der Waals surface area contributed by atoms with Gasteiger partial charge in [0.2, 0.25) is 5.91 Å². The number of carbonyl (C=O) groups is 2. The van der Waals surface area contributed by atoms with Crippen molar-refractivity contribution >= 4 is 11.8 Å². The molecule has 1 aromatic rings. The lowest BCUT2D eigenvalue weighted by Gasteiger charge is -2.31. The summed E-state index contributed by atoms with van der Waals surface area (Å²) in [7, 11) is 0. The van der Waals surface area contributed by atoms with E-state index in [4.69, 9.17) is 0 Å². The average Bonchev–Trinajstić information content (AvgIpc) is 3.46. The Balaban J connectivity index is 1.54. The van der Waals surface area contributed by atoms with Crippen LogP contribution in [0.25, 0.3) is 0 Å². The van der Waals surface area contributed by atoms with Crippen LogP contribution < -0.4 is 0 Å². The highest BCUT2D eigenvalue weighted by atomic mass is 16.2. The van der Waals surface area contributed by atoms with Crippen LogP contribution in [0.4, 0.5) is 0 Å². The second-order valence-electron chi connectivity index (χ2n) is 8.05. The number of carbonyl (C=O) groups excluding carboxylic acids is 2. The number of nitrogens with zero attached hydrogens (tertiary/aromatic N) is 2. The fourth-order valence-corrected chi connectivity index (χ4v) is 3.91. The Morgan fingerprint density at radius 2 is 1.69 bits per heavy atom. The number of piperidine rings is 1. The van der Waals surface area contributed by atoms with Crippen LogP contribution >= 0.6 is 0 Å². The SMILES string of the molecule is CCCN(CC1CC1)C(=O)c1ccc(CC2CCN(C(C)=O)CC2)cc1. The predicted octanol–water partition coefficient (Wildman–Crippen LogP) is 3.75. The molecule has 0 radical (unpaired) electrons. The Labute approximate surface area is 157 Å². The van der Waals surface area contributed by atoms with Gasteiger partial charge >= 0.3 is 0 Å². The van der Waals surface area contributed by atoms with Crippen molar-refractivity contribution in [3.05, 3.63) is 35.4 Å². The molecule has 0 spiro atoms. The molecule has 0 bridgehead atoms. The Hall–Kier alpha value is -1.84. The first-order valence-electron chi connectivity index (χ1n) is 10.2. The molecule has 1 aromatic carbocycles. The largest absolute Gasteiger partial charge is 0.343 e. The zero-order valence-corrected chi connectivity index (χ0v) is 16.2. The van der Waals surface area contributed by atoms with Gasteiger partial charge in [0.15, 0.2) is 0 Å². The molecule has 4 heteroatoms. The molecule has 1 saturated heterocycles. The average molecular weight is 357 g/mol. The van der Waals surface area contributed by atoms with Gasteiger partial charge in [0, 0.05) is 38.7 Å². The van der Waals surface area contributed by atoms with Gasteiger partial charge in [-0.1, -0.05) is 19.1 Å². The molecule has 26 heavy (non-hydrogen) atoms. The minimum Gasteiger partial charge on any atom is -0.343 e. The van der Waals surface area contributed by atoms with Crippen molar-refractivity contribution < 1.29 is 9.59 Å². The van der Waals surface area contributed by atoms with Crippen molar-refractivity contribution in [2.75, 3.05) is 26.2 Å². The lowest BCUT2D eigenvalue weighted by atomic mass is 9.90. The normalized spacial score (nSPS) is 18.0. The van der Waals surface area contributed by atoms with Crippen LogP contribution in [0.15, 0.2) is 24.3 Å². The zero-order valence-electron chi connectivity index (χ0n) is 16.2. The summed E-state index contributed by atoms with van der Waals surface area (Å²) in [6.07, 6.45) is 6.75. The maximum Gasteiger partial charge on any atom is 0.253 e. The molecule has 2 aliphatic rings. The molecular weight excluding hydrogens is 324 g/mol. The molecule has 1 saturated carbocycles. The van der Waals surface area contributed by atoms with Crippen molar-refractivity contribution in [1.29, 1.82) is 0 Å². The summed E-state index contributed by atoms with van der Waals surface area (Å²) in [6.45, 7) is 7.32.